The highest BCUT2D eigenvalue weighted by Crippen LogP contribution is 2.50. The van der Waals surface area contributed by atoms with Crippen LogP contribution in [0.5, 0.6) is 5.75 Å². The molecule has 4 nitrogen and oxygen atoms in total. The van der Waals surface area contributed by atoms with Crippen LogP contribution in [0.2, 0.25) is 0 Å². The topological polar surface area (TPSA) is 44.1 Å². The molecule has 0 N–H and O–H groups in total. The molecule has 1 spiro atoms. The summed E-state index contributed by atoms with van der Waals surface area (Å²) in [5.74, 6) is 1.71. The standard InChI is InChI=1S/C26H28N2O2S/c1-3-16-31-25-27-23-21-9-5-4-8-18(21)17-26(14-6-7-15-26)22(23)24(29)28(25)19-10-12-20(30-2)13-11-19/h4-5,8-13H,3,6-7,14-17H2,1-2H3. The zero-order valence-corrected chi connectivity index (χ0v) is 19.0. The molecule has 2 aliphatic carbocycles. The summed E-state index contributed by atoms with van der Waals surface area (Å²) < 4.78 is 7.17. The first-order chi connectivity index (χ1) is 15.2. The van der Waals surface area contributed by atoms with E-state index in [0.717, 1.165) is 64.9 Å². The minimum Gasteiger partial charge on any atom is -0.497 e. The van der Waals surface area contributed by atoms with Crippen LogP contribution in [0.1, 0.15) is 50.2 Å². The molecular formula is C26H28N2O2S. The second kappa shape index (κ2) is 8.19. The molecule has 1 heterocycles. The smallest absolute Gasteiger partial charge is 0.263 e. The highest BCUT2D eigenvalue weighted by molar-refractivity contribution is 7.99. The molecule has 0 bridgehead atoms. The third kappa shape index (κ3) is 3.39. The molecule has 0 atom stereocenters. The number of benzene rings is 2. The quantitative estimate of drug-likeness (QED) is 0.379. The molecule has 2 aliphatic rings. The van der Waals surface area contributed by atoms with Gasteiger partial charge in [-0.15, -0.1) is 0 Å². The van der Waals surface area contributed by atoms with Gasteiger partial charge in [0, 0.05) is 16.7 Å². The SMILES string of the molecule is CCCSc1nc2c(c(=O)n1-c1ccc(OC)cc1)C1(CCCC1)Cc1ccccc1-2. The fourth-order valence-corrected chi connectivity index (χ4v) is 6.12. The Morgan fingerprint density at radius 3 is 2.55 bits per heavy atom. The van der Waals surface area contributed by atoms with Gasteiger partial charge in [-0.2, -0.15) is 0 Å². The molecule has 0 amide bonds. The summed E-state index contributed by atoms with van der Waals surface area (Å²) in [6.07, 6.45) is 6.45. The summed E-state index contributed by atoms with van der Waals surface area (Å²) in [5.41, 5.74) is 5.18. The molecule has 0 radical (unpaired) electrons. The molecular weight excluding hydrogens is 404 g/mol. The molecule has 5 rings (SSSR count). The summed E-state index contributed by atoms with van der Waals surface area (Å²) in [5, 5.41) is 0.778. The van der Waals surface area contributed by atoms with Crippen LogP contribution >= 0.6 is 11.8 Å². The summed E-state index contributed by atoms with van der Waals surface area (Å²) in [6.45, 7) is 2.16. The Hall–Kier alpha value is -2.53. The Morgan fingerprint density at radius 2 is 1.84 bits per heavy atom. The Balaban J connectivity index is 1.79. The van der Waals surface area contributed by atoms with Gasteiger partial charge >= 0.3 is 0 Å². The van der Waals surface area contributed by atoms with Gasteiger partial charge in [-0.3, -0.25) is 9.36 Å². The van der Waals surface area contributed by atoms with Crippen LogP contribution in [0.25, 0.3) is 16.9 Å². The summed E-state index contributed by atoms with van der Waals surface area (Å²) >= 11 is 1.67. The number of fused-ring (bicyclic) bond motifs is 4. The normalized spacial score (nSPS) is 16.2. The number of aromatic nitrogens is 2. The highest BCUT2D eigenvalue weighted by atomic mass is 32.2. The third-order valence-electron chi connectivity index (χ3n) is 6.71. The molecule has 0 saturated heterocycles. The first kappa shape index (κ1) is 20.4. The molecule has 3 aromatic rings. The van der Waals surface area contributed by atoms with Crippen LogP contribution in [0.15, 0.2) is 58.5 Å². The van der Waals surface area contributed by atoms with Crippen molar-refractivity contribution in [3.05, 3.63) is 70.0 Å². The molecule has 1 saturated carbocycles. The van der Waals surface area contributed by atoms with Crippen molar-refractivity contribution >= 4 is 11.8 Å². The van der Waals surface area contributed by atoms with Crippen LogP contribution in [0.4, 0.5) is 0 Å². The zero-order valence-electron chi connectivity index (χ0n) is 18.2. The number of nitrogens with zero attached hydrogens (tertiary/aromatic N) is 2. The van der Waals surface area contributed by atoms with Crippen LogP contribution in [0.3, 0.4) is 0 Å². The molecule has 0 aliphatic heterocycles. The lowest BCUT2D eigenvalue weighted by Gasteiger charge is -2.36. The minimum absolute atomic E-state index is 0.0874. The van der Waals surface area contributed by atoms with Gasteiger partial charge in [-0.25, -0.2) is 4.98 Å². The predicted octanol–water partition coefficient (Wildman–Crippen LogP) is 5.78. The van der Waals surface area contributed by atoms with E-state index >= 15 is 0 Å². The molecule has 31 heavy (non-hydrogen) atoms. The number of hydrogen-bond acceptors (Lipinski definition) is 4. The van der Waals surface area contributed by atoms with E-state index in [1.807, 2.05) is 28.8 Å². The van der Waals surface area contributed by atoms with Crippen molar-refractivity contribution in [1.82, 2.24) is 9.55 Å². The van der Waals surface area contributed by atoms with Gasteiger partial charge in [-0.05, 0) is 55.5 Å². The molecule has 1 fully saturated rings. The predicted molar refractivity (Wildman–Crippen MR) is 127 cm³/mol. The van der Waals surface area contributed by atoms with Crippen LogP contribution in [-0.2, 0) is 11.8 Å². The maximum Gasteiger partial charge on any atom is 0.263 e. The average Bonchev–Trinajstić information content (AvgIpc) is 3.26. The first-order valence-corrected chi connectivity index (χ1v) is 12.2. The second-order valence-corrected chi connectivity index (χ2v) is 9.69. The lowest BCUT2D eigenvalue weighted by molar-refractivity contribution is 0.414. The largest absolute Gasteiger partial charge is 0.497 e. The van der Waals surface area contributed by atoms with Gasteiger partial charge in [0.1, 0.15) is 5.75 Å². The van der Waals surface area contributed by atoms with Crippen LogP contribution in [0, 0.1) is 0 Å². The van der Waals surface area contributed by atoms with Crippen molar-refractivity contribution in [2.75, 3.05) is 12.9 Å². The summed E-state index contributed by atoms with van der Waals surface area (Å²) in [4.78, 5) is 19.4. The minimum atomic E-state index is -0.0874. The van der Waals surface area contributed by atoms with Gasteiger partial charge in [0.2, 0.25) is 0 Å². The fourth-order valence-electron chi connectivity index (χ4n) is 5.26. The zero-order chi connectivity index (χ0) is 21.4. The van der Waals surface area contributed by atoms with Crippen molar-refractivity contribution < 1.29 is 4.74 Å². The molecule has 1 aromatic heterocycles. The van der Waals surface area contributed by atoms with E-state index in [4.69, 9.17) is 9.72 Å². The van der Waals surface area contributed by atoms with Crippen molar-refractivity contribution in [2.24, 2.45) is 0 Å². The van der Waals surface area contributed by atoms with E-state index in [0.29, 0.717) is 0 Å². The van der Waals surface area contributed by atoms with Crippen molar-refractivity contribution in [3.8, 4) is 22.7 Å². The van der Waals surface area contributed by atoms with Gasteiger partial charge in [-0.1, -0.05) is 55.8 Å². The Morgan fingerprint density at radius 1 is 1.10 bits per heavy atom. The van der Waals surface area contributed by atoms with Crippen molar-refractivity contribution in [3.63, 3.8) is 0 Å². The number of thioether (sulfide) groups is 1. The van der Waals surface area contributed by atoms with E-state index in [1.165, 1.54) is 18.4 Å². The molecule has 160 valence electrons. The maximum absolute atomic E-state index is 14.2. The second-order valence-electron chi connectivity index (χ2n) is 8.63. The van der Waals surface area contributed by atoms with Crippen molar-refractivity contribution in [2.45, 2.75) is 56.0 Å². The van der Waals surface area contributed by atoms with E-state index in [9.17, 15) is 4.79 Å². The lowest BCUT2D eigenvalue weighted by atomic mass is 9.68. The van der Waals surface area contributed by atoms with E-state index < -0.39 is 0 Å². The summed E-state index contributed by atoms with van der Waals surface area (Å²) in [6, 6.07) is 16.3. The van der Waals surface area contributed by atoms with Gasteiger partial charge in [0.15, 0.2) is 5.16 Å². The van der Waals surface area contributed by atoms with Gasteiger partial charge in [0.25, 0.3) is 5.56 Å². The van der Waals surface area contributed by atoms with E-state index in [-0.39, 0.29) is 11.0 Å². The van der Waals surface area contributed by atoms with Gasteiger partial charge in [0.05, 0.1) is 24.1 Å². The molecule has 5 heteroatoms. The third-order valence-corrected chi connectivity index (χ3v) is 7.86. The van der Waals surface area contributed by atoms with Gasteiger partial charge < -0.3 is 4.74 Å². The van der Waals surface area contributed by atoms with Crippen molar-refractivity contribution in [1.29, 1.82) is 0 Å². The van der Waals surface area contributed by atoms with E-state index in [2.05, 4.69) is 31.2 Å². The number of hydrogen-bond donors (Lipinski definition) is 0. The number of ether oxygens (including phenoxy) is 1. The Labute approximate surface area is 187 Å². The Kier molecular flexibility index (Phi) is 5.39. The van der Waals surface area contributed by atoms with E-state index in [1.54, 1.807) is 18.9 Å². The van der Waals surface area contributed by atoms with Crippen LogP contribution < -0.4 is 10.3 Å². The first-order valence-electron chi connectivity index (χ1n) is 11.2. The maximum atomic E-state index is 14.2. The highest BCUT2D eigenvalue weighted by Gasteiger charge is 2.44. The fraction of sp³-hybridized carbons (Fsp3) is 0.385. The molecule has 0 unspecified atom stereocenters. The number of rotatable bonds is 5. The lowest BCUT2D eigenvalue weighted by Crippen LogP contribution is -2.40. The Bertz CT molecular complexity index is 1160. The molecule has 2 aromatic carbocycles. The average molecular weight is 433 g/mol. The summed E-state index contributed by atoms with van der Waals surface area (Å²) in [7, 11) is 1.66. The number of methoxy groups -OCH3 is 1. The van der Waals surface area contributed by atoms with Crippen LogP contribution in [-0.4, -0.2) is 22.4 Å². The monoisotopic (exact) mass is 432 g/mol.